The summed E-state index contributed by atoms with van der Waals surface area (Å²) >= 11 is 1.44. The molecule has 3 rings (SSSR count). The van der Waals surface area contributed by atoms with E-state index in [-0.39, 0.29) is 5.78 Å². The summed E-state index contributed by atoms with van der Waals surface area (Å²) in [6, 6.07) is 10.2. The summed E-state index contributed by atoms with van der Waals surface area (Å²) in [5.41, 5.74) is 5.24. The Morgan fingerprint density at radius 2 is 1.81 bits per heavy atom. The number of aryl methyl sites for hydroxylation is 2. The van der Waals surface area contributed by atoms with E-state index in [4.69, 9.17) is 0 Å². The van der Waals surface area contributed by atoms with Crippen LogP contribution in [0.1, 0.15) is 40.7 Å². The van der Waals surface area contributed by atoms with Crippen LogP contribution in [0.4, 0.5) is 0 Å². The molecule has 2 heterocycles. The second kappa shape index (κ2) is 8.13. The number of ketones is 1. The number of carbonyl (C=O) groups excluding carboxylic acids is 1. The molecule has 0 aliphatic carbocycles. The predicted molar refractivity (Wildman–Crippen MR) is 110 cm³/mol. The molecule has 27 heavy (non-hydrogen) atoms. The molecule has 3 aromatic rings. The second-order valence-corrected chi connectivity index (χ2v) is 7.82. The van der Waals surface area contributed by atoms with Crippen molar-refractivity contribution in [2.45, 2.75) is 45.8 Å². The van der Waals surface area contributed by atoms with Gasteiger partial charge in [-0.05, 0) is 33.3 Å². The number of thioether (sulfide) groups is 1. The topological polar surface area (TPSA) is 52.7 Å². The molecule has 0 atom stereocenters. The van der Waals surface area contributed by atoms with E-state index >= 15 is 0 Å². The monoisotopic (exact) mass is 382 g/mol. The van der Waals surface area contributed by atoms with Gasteiger partial charge < -0.3 is 9.13 Å². The highest BCUT2D eigenvalue weighted by Gasteiger charge is 2.18. The van der Waals surface area contributed by atoms with Crippen LogP contribution < -0.4 is 0 Å². The van der Waals surface area contributed by atoms with Crippen LogP contribution in [0.5, 0.6) is 0 Å². The molecular formula is C21H26N4OS. The van der Waals surface area contributed by atoms with Crippen LogP contribution in [0.15, 0.2) is 35.5 Å². The molecule has 1 aromatic carbocycles. The van der Waals surface area contributed by atoms with Gasteiger partial charge in [-0.1, -0.05) is 48.5 Å². The first-order chi connectivity index (χ1) is 12.9. The molecule has 0 spiro atoms. The van der Waals surface area contributed by atoms with Crippen LogP contribution >= 0.6 is 11.8 Å². The van der Waals surface area contributed by atoms with Crippen molar-refractivity contribution in [3.05, 3.63) is 52.8 Å². The van der Waals surface area contributed by atoms with Crippen LogP contribution in [0.25, 0.3) is 11.4 Å². The molecule has 0 unspecified atom stereocenters. The van der Waals surface area contributed by atoms with E-state index in [2.05, 4.69) is 47.7 Å². The lowest BCUT2D eigenvalue weighted by Crippen LogP contribution is -2.07. The minimum Gasteiger partial charge on any atom is -0.348 e. The second-order valence-electron chi connectivity index (χ2n) is 6.88. The van der Waals surface area contributed by atoms with E-state index in [0.717, 1.165) is 46.5 Å². The van der Waals surface area contributed by atoms with E-state index < -0.39 is 0 Å². The standard InChI is InChI=1S/C21H26N4OS/c1-6-11-25-15(3)12-18(16(25)4)19(26)13-27-21-23-22-20(24(21)5)17-9-7-14(2)8-10-17/h7-10,12H,6,11,13H2,1-5H3. The Labute approximate surface area is 164 Å². The van der Waals surface area contributed by atoms with Crippen molar-refractivity contribution in [2.24, 2.45) is 7.05 Å². The maximum atomic E-state index is 12.7. The smallest absolute Gasteiger partial charge is 0.191 e. The number of rotatable bonds is 7. The minimum atomic E-state index is 0.135. The van der Waals surface area contributed by atoms with Crippen molar-refractivity contribution in [2.75, 3.05) is 5.75 Å². The maximum Gasteiger partial charge on any atom is 0.191 e. The van der Waals surface area contributed by atoms with Gasteiger partial charge >= 0.3 is 0 Å². The summed E-state index contributed by atoms with van der Waals surface area (Å²) in [5.74, 6) is 1.30. The number of hydrogen-bond acceptors (Lipinski definition) is 4. The van der Waals surface area contributed by atoms with Gasteiger partial charge in [0.1, 0.15) is 0 Å². The number of Topliss-reactive ketones (excluding diaryl/α,β-unsaturated/α-hetero) is 1. The molecule has 0 radical (unpaired) electrons. The highest BCUT2D eigenvalue weighted by atomic mass is 32.2. The summed E-state index contributed by atoms with van der Waals surface area (Å²) in [6.07, 6.45) is 1.06. The number of aromatic nitrogens is 4. The first-order valence-corrected chi connectivity index (χ1v) is 10.2. The lowest BCUT2D eigenvalue weighted by atomic mass is 10.1. The normalized spacial score (nSPS) is 11.1. The summed E-state index contributed by atoms with van der Waals surface area (Å²) < 4.78 is 4.17. The largest absolute Gasteiger partial charge is 0.348 e. The van der Waals surface area contributed by atoms with Crippen LogP contribution in [-0.2, 0) is 13.6 Å². The molecular weight excluding hydrogens is 356 g/mol. The SMILES string of the molecule is CCCn1c(C)cc(C(=O)CSc2nnc(-c3ccc(C)cc3)n2C)c1C. The van der Waals surface area contributed by atoms with E-state index in [1.165, 1.54) is 17.3 Å². The quantitative estimate of drug-likeness (QED) is 0.443. The van der Waals surface area contributed by atoms with Crippen LogP contribution in [0, 0.1) is 20.8 Å². The highest BCUT2D eigenvalue weighted by Crippen LogP contribution is 2.25. The van der Waals surface area contributed by atoms with Crippen LogP contribution in [0.2, 0.25) is 0 Å². The lowest BCUT2D eigenvalue weighted by molar-refractivity contribution is 0.102. The van der Waals surface area contributed by atoms with E-state index in [1.807, 2.05) is 36.7 Å². The molecule has 6 heteroatoms. The van der Waals surface area contributed by atoms with Crippen LogP contribution in [0.3, 0.4) is 0 Å². The summed E-state index contributed by atoms with van der Waals surface area (Å²) in [5, 5.41) is 9.33. The molecule has 0 amide bonds. The Balaban J connectivity index is 1.73. The van der Waals surface area contributed by atoms with Crippen molar-refractivity contribution < 1.29 is 4.79 Å². The number of nitrogens with zero attached hydrogens (tertiary/aromatic N) is 4. The van der Waals surface area contributed by atoms with Gasteiger partial charge in [0.15, 0.2) is 16.8 Å². The number of hydrogen-bond donors (Lipinski definition) is 0. The fourth-order valence-electron chi connectivity index (χ4n) is 3.25. The molecule has 0 aliphatic rings. The van der Waals surface area contributed by atoms with Gasteiger partial charge in [0.25, 0.3) is 0 Å². The zero-order chi connectivity index (χ0) is 19.6. The molecule has 0 saturated heterocycles. The van der Waals surface area contributed by atoms with Gasteiger partial charge in [0.05, 0.1) is 5.75 Å². The van der Waals surface area contributed by atoms with Gasteiger partial charge in [-0.2, -0.15) is 0 Å². The molecule has 0 fully saturated rings. The third-order valence-corrected chi connectivity index (χ3v) is 5.82. The molecule has 0 aliphatic heterocycles. The summed E-state index contributed by atoms with van der Waals surface area (Å²) in [4.78, 5) is 12.7. The van der Waals surface area contributed by atoms with Crippen LogP contribution in [-0.4, -0.2) is 30.9 Å². The third-order valence-electron chi connectivity index (χ3n) is 4.80. The molecule has 0 bridgehead atoms. The Bertz CT molecular complexity index is 953. The predicted octanol–water partition coefficient (Wildman–Crippen LogP) is 4.59. The van der Waals surface area contributed by atoms with Gasteiger partial charge in [0.2, 0.25) is 0 Å². The summed E-state index contributed by atoms with van der Waals surface area (Å²) in [6.45, 7) is 9.24. The van der Waals surface area contributed by atoms with E-state index in [9.17, 15) is 4.79 Å². The van der Waals surface area contributed by atoms with E-state index in [1.54, 1.807) is 0 Å². The zero-order valence-corrected chi connectivity index (χ0v) is 17.4. The van der Waals surface area contributed by atoms with Gasteiger partial charge in [-0.25, -0.2) is 0 Å². The van der Waals surface area contributed by atoms with E-state index in [0.29, 0.717) is 5.75 Å². The Kier molecular flexibility index (Phi) is 5.85. The van der Waals surface area contributed by atoms with Crippen molar-refractivity contribution in [1.82, 2.24) is 19.3 Å². The zero-order valence-electron chi connectivity index (χ0n) is 16.6. The van der Waals surface area contributed by atoms with Gasteiger partial charge in [0, 0.05) is 36.1 Å². The molecule has 2 aromatic heterocycles. The number of carbonyl (C=O) groups is 1. The lowest BCUT2D eigenvalue weighted by Gasteiger charge is -2.07. The average molecular weight is 383 g/mol. The maximum absolute atomic E-state index is 12.7. The molecule has 0 saturated carbocycles. The fraction of sp³-hybridized carbons (Fsp3) is 0.381. The summed E-state index contributed by atoms with van der Waals surface area (Å²) in [7, 11) is 1.94. The van der Waals surface area contributed by atoms with Crippen molar-refractivity contribution in [3.63, 3.8) is 0 Å². The van der Waals surface area contributed by atoms with Crippen molar-refractivity contribution in [3.8, 4) is 11.4 Å². The third kappa shape index (κ3) is 4.00. The molecule has 142 valence electrons. The highest BCUT2D eigenvalue weighted by molar-refractivity contribution is 7.99. The Morgan fingerprint density at radius 3 is 2.48 bits per heavy atom. The van der Waals surface area contributed by atoms with Crippen molar-refractivity contribution in [1.29, 1.82) is 0 Å². The first-order valence-electron chi connectivity index (χ1n) is 9.21. The minimum absolute atomic E-state index is 0.135. The fourth-order valence-corrected chi connectivity index (χ4v) is 4.05. The van der Waals surface area contributed by atoms with Gasteiger partial charge in [-0.15, -0.1) is 10.2 Å². The molecule has 0 N–H and O–H groups in total. The average Bonchev–Trinajstić information content (AvgIpc) is 3.15. The first kappa shape index (κ1) is 19.4. The van der Waals surface area contributed by atoms with Gasteiger partial charge in [-0.3, -0.25) is 4.79 Å². The molecule has 5 nitrogen and oxygen atoms in total. The number of benzene rings is 1. The Hall–Kier alpha value is -2.34. The van der Waals surface area contributed by atoms with Crippen molar-refractivity contribution >= 4 is 17.5 Å². The Morgan fingerprint density at radius 1 is 1.11 bits per heavy atom.